The summed E-state index contributed by atoms with van der Waals surface area (Å²) in [7, 11) is 2.15. The van der Waals surface area contributed by atoms with E-state index in [1.165, 1.54) is 18.4 Å². The van der Waals surface area contributed by atoms with E-state index in [1.54, 1.807) is 0 Å². The van der Waals surface area contributed by atoms with Gasteiger partial charge in [-0.05, 0) is 43.4 Å². The lowest BCUT2D eigenvalue weighted by Crippen LogP contribution is -2.44. The molecule has 2 aliphatic heterocycles. The van der Waals surface area contributed by atoms with E-state index in [0.717, 1.165) is 67.6 Å². The first-order valence-electron chi connectivity index (χ1n) is 11.6. The SMILES string of the molecule is CC(C)c1cc(CNc2nc(NC3=NCC(C4CC4)=C3)cc(N3CCN(C)CC3)n2)on1. The molecule has 3 aliphatic rings. The highest BCUT2D eigenvalue weighted by Gasteiger charge is 2.28. The molecule has 0 radical (unpaired) electrons. The summed E-state index contributed by atoms with van der Waals surface area (Å²) in [4.78, 5) is 18.8. The van der Waals surface area contributed by atoms with Crippen LogP contribution in [0.2, 0.25) is 0 Å². The smallest absolute Gasteiger partial charge is 0.227 e. The molecule has 0 atom stereocenters. The van der Waals surface area contributed by atoms with Gasteiger partial charge in [0.2, 0.25) is 5.95 Å². The Labute approximate surface area is 189 Å². The molecule has 4 heterocycles. The van der Waals surface area contributed by atoms with Gasteiger partial charge in [-0.1, -0.05) is 19.0 Å². The predicted molar refractivity (Wildman–Crippen MR) is 126 cm³/mol. The van der Waals surface area contributed by atoms with Crippen LogP contribution in [-0.2, 0) is 6.54 Å². The van der Waals surface area contributed by atoms with E-state index in [4.69, 9.17) is 14.5 Å². The third kappa shape index (κ3) is 4.93. The number of likely N-dealkylation sites (N-methyl/N-ethyl adjacent to an activating group) is 1. The summed E-state index contributed by atoms with van der Waals surface area (Å²) in [6.07, 6.45) is 4.78. The number of anilines is 3. The van der Waals surface area contributed by atoms with Crippen LogP contribution in [0, 0.1) is 5.92 Å². The molecule has 170 valence electrons. The quantitative estimate of drug-likeness (QED) is 0.684. The zero-order valence-corrected chi connectivity index (χ0v) is 19.1. The normalized spacial score (nSPS) is 19.3. The van der Waals surface area contributed by atoms with Gasteiger partial charge in [0.1, 0.15) is 17.5 Å². The molecule has 2 fully saturated rings. The molecule has 1 aliphatic carbocycles. The zero-order chi connectivity index (χ0) is 22.1. The Bertz CT molecular complexity index is 1010. The summed E-state index contributed by atoms with van der Waals surface area (Å²) >= 11 is 0. The maximum atomic E-state index is 5.46. The molecule has 2 aromatic rings. The van der Waals surface area contributed by atoms with Crippen LogP contribution < -0.4 is 15.5 Å². The average molecular weight is 437 g/mol. The van der Waals surface area contributed by atoms with Gasteiger partial charge in [-0.25, -0.2) is 0 Å². The number of hydrogen-bond acceptors (Lipinski definition) is 9. The molecule has 0 amide bonds. The van der Waals surface area contributed by atoms with Gasteiger partial charge in [-0.15, -0.1) is 0 Å². The highest BCUT2D eigenvalue weighted by molar-refractivity contribution is 6.05. The second-order valence-corrected chi connectivity index (χ2v) is 9.27. The maximum Gasteiger partial charge on any atom is 0.227 e. The van der Waals surface area contributed by atoms with Gasteiger partial charge in [0, 0.05) is 38.3 Å². The van der Waals surface area contributed by atoms with Crippen molar-refractivity contribution in [2.24, 2.45) is 10.9 Å². The number of piperazine rings is 1. The van der Waals surface area contributed by atoms with Crippen LogP contribution >= 0.6 is 0 Å². The van der Waals surface area contributed by atoms with Crippen LogP contribution in [-0.4, -0.2) is 65.6 Å². The summed E-state index contributed by atoms with van der Waals surface area (Å²) in [5.41, 5.74) is 2.39. The van der Waals surface area contributed by atoms with Crippen LogP contribution in [0.5, 0.6) is 0 Å². The Morgan fingerprint density at radius 3 is 2.66 bits per heavy atom. The van der Waals surface area contributed by atoms with Gasteiger partial charge in [-0.2, -0.15) is 9.97 Å². The van der Waals surface area contributed by atoms with Crippen LogP contribution in [0.4, 0.5) is 17.6 Å². The molecule has 0 unspecified atom stereocenters. The number of hydrogen-bond donors (Lipinski definition) is 2. The number of rotatable bonds is 7. The lowest BCUT2D eigenvalue weighted by Gasteiger charge is -2.33. The number of aliphatic imine (C=N–C) groups is 1. The fourth-order valence-corrected chi connectivity index (χ4v) is 3.98. The van der Waals surface area contributed by atoms with Crippen LogP contribution in [0.15, 0.2) is 33.3 Å². The fraction of sp³-hybridized carbons (Fsp3) is 0.565. The van der Waals surface area contributed by atoms with Crippen molar-refractivity contribution in [2.75, 3.05) is 55.3 Å². The lowest BCUT2D eigenvalue weighted by atomic mass is 10.1. The zero-order valence-electron chi connectivity index (χ0n) is 19.1. The van der Waals surface area contributed by atoms with E-state index >= 15 is 0 Å². The van der Waals surface area contributed by atoms with Crippen molar-refractivity contribution >= 4 is 23.4 Å². The Kier molecular flexibility index (Phi) is 5.82. The molecule has 2 N–H and O–H groups in total. The second kappa shape index (κ2) is 8.90. The molecular weight excluding hydrogens is 404 g/mol. The Morgan fingerprint density at radius 2 is 1.94 bits per heavy atom. The van der Waals surface area contributed by atoms with Crippen molar-refractivity contribution in [3.63, 3.8) is 0 Å². The van der Waals surface area contributed by atoms with Crippen molar-refractivity contribution in [3.8, 4) is 0 Å². The average Bonchev–Trinajstić information content (AvgIpc) is 3.33. The lowest BCUT2D eigenvalue weighted by molar-refractivity contribution is 0.312. The topological polar surface area (TPSA) is 94.7 Å². The standard InChI is InChI=1S/C23H32N8O/c1-15(2)19-11-18(32-29-19)14-25-23-27-21(26-20-10-17(13-24-20)16-4-5-16)12-22(28-23)31-8-6-30(3)7-9-31/h10-12,15-16H,4-9,13-14H2,1-3H3,(H2,24,25,26,27,28). The predicted octanol–water partition coefficient (Wildman–Crippen LogP) is 3.11. The van der Waals surface area contributed by atoms with Gasteiger partial charge in [-0.3, -0.25) is 4.99 Å². The highest BCUT2D eigenvalue weighted by atomic mass is 16.5. The van der Waals surface area contributed by atoms with Crippen molar-refractivity contribution < 1.29 is 4.52 Å². The van der Waals surface area contributed by atoms with Crippen molar-refractivity contribution in [2.45, 2.75) is 39.2 Å². The number of amidine groups is 1. The molecular formula is C23H32N8O. The van der Waals surface area contributed by atoms with Crippen LogP contribution in [0.25, 0.3) is 0 Å². The first kappa shape index (κ1) is 20.9. The summed E-state index contributed by atoms with van der Waals surface area (Å²) in [5, 5.41) is 10.9. The second-order valence-electron chi connectivity index (χ2n) is 9.27. The Hall–Kier alpha value is -2.94. The van der Waals surface area contributed by atoms with Gasteiger partial charge in [0.15, 0.2) is 5.76 Å². The number of nitrogens with zero attached hydrogens (tertiary/aromatic N) is 6. The monoisotopic (exact) mass is 436 g/mol. The first-order chi connectivity index (χ1) is 15.5. The molecule has 1 saturated heterocycles. The molecule has 9 heteroatoms. The third-order valence-corrected chi connectivity index (χ3v) is 6.24. The third-order valence-electron chi connectivity index (χ3n) is 6.24. The van der Waals surface area contributed by atoms with E-state index in [2.05, 4.69) is 57.6 Å². The summed E-state index contributed by atoms with van der Waals surface area (Å²) in [5.74, 6) is 4.97. The summed E-state index contributed by atoms with van der Waals surface area (Å²) in [6.45, 7) is 9.42. The van der Waals surface area contributed by atoms with E-state index in [-0.39, 0.29) is 0 Å². The minimum absolute atomic E-state index is 0.334. The molecule has 1 saturated carbocycles. The minimum atomic E-state index is 0.334. The molecule has 0 spiro atoms. The van der Waals surface area contributed by atoms with Crippen LogP contribution in [0.3, 0.4) is 0 Å². The largest absolute Gasteiger partial charge is 0.359 e. The van der Waals surface area contributed by atoms with Crippen molar-refractivity contribution in [1.29, 1.82) is 0 Å². The van der Waals surface area contributed by atoms with Gasteiger partial charge >= 0.3 is 0 Å². The van der Waals surface area contributed by atoms with Crippen LogP contribution in [0.1, 0.15) is 44.1 Å². The molecule has 9 nitrogen and oxygen atoms in total. The number of nitrogens with one attached hydrogen (secondary N) is 2. The van der Waals surface area contributed by atoms with Gasteiger partial charge in [0.25, 0.3) is 0 Å². The van der Waals surface area contributed by atoms with Gasteiger partial charge in [0.05, 0.1) is 18.8 Å². The molecule has 2 aromatic heterocycles. The molecule has 32 heavy (non-hydrogen) atoms. The Morgan fingerprint density at radius 1 is 1.12 bits per heavy atom. The van der Waals surface area contributed by atoms with Crippen molar-refractivity contribution in [1.82, 2.24) is 20.0 Å². The van der Waals surface area contributed by atoms with Gasteiger partial charge < -0.3 is 25.0 Å². The van der Waals surface area contributed by atoms with E-state index in [0.29, 0.717) is 18.4 Å². The van der Waals surface area contributed by atoms with Crippen molar-refractivity contribution in [3.05, 3.63) is 35.2 Å². The van der Waals surface area contributed by atoms with E-state index in [9.17, 15) is 0 Å². The Balaban J connectivity index is 1.33. The van der Waals surface area contributed by atoms with E-state index < -0.39 is 0 Å². The fourth-order valence-electron chi connectivity index (χ4n) is 3.98. The minimum Gasteiger partial charge on any atom is -0.359 e. The summed E-state index contributed by atoms with van der Waals surface area (Å²) < 4.78 is 5.46. The maximum absolute atomic E-state index is 5.46. The highest BCUT2D eigenvalue weighted by Crippen LogP contribution is 2.37. The molecule has 0 bridgehead atoms. The number of aromatic nitrogens is 3. The summed E-state index contributed by atoms with van der Waals surface area (Å²) in [6, 6.07) is 4.01. The molecule has 5 rings (SSSR count). The first-order valence-corrected chi connectivity index (χ1v) is 11.6. The van der Waals surface area contributed by atoms with E-state index in [1.807, 2.05) is 12.1 Å². The molecule has 0 aromatic carbocycles.